The van der Waals surface area contributed by atoms with Crippen LogP contribution in [0.4, 0.5) is 5.69 Å². The Balaban J connectivity index is 2.32. The Labute approximate surface area is 85.3 Å². The molecule has 1 unspecified atom stereocenters. The summed E-state index contributed by atoms with van der Waals surface area (Å²) in [6, 6.07) is 1.51. The molecule has 1 aliphatic rings. The lowest BCUT2D eigenvalue weighted by Gasteiger charge is -2.15. The monoisotopic (exact) mass is 215 g/mol. The van der Waals surface area contributed by atoms with Crippen LogP contribution in [0.15, 0.2) is 10.9 Å². The van der Waals surface area contributed by atoms with Gasteiger partial charge in [-0.15, -0.1) is 0 Å². The van der Waals surface area contributed by atoms with Crippen LogP contribution in [-0.4, -0.2) is 34.5 Å². The van der Waals surface area contributed by atoms with Crippen molar-refractivity contribution in [2.75, 3.05) is 18.0 Å². The Morgan fingerprint density at radius 1 is 1.71 bits per heavy atom. The Morgan fingerprint density at radius 3 is 3.14 bits per heavy atom. The predicted molar refractivity (Wildman–Crippen MR) is 52.7 cm³/mol. The summed E-state index contributed by atoms with van der Waals surface area (Å²) in [4.78, 5) is 13.2. The number of aromatic nitrogens is 2. The van der Waals surface area contributed by atoms with Crippen LogP contribution >= 0.6 is 11.6 Å². The molecule has 0 amide bonds. The number of hydrogen-bond donors (Lipinski definition) is 2. The van der Waals surface area contributed by atoms with E-state index in [1.54, 1.807) is 4.90 Å². The van der Waals surface area contributed by atoms with Gasteiger partial charge in [0.15, 0.2) is 5.15 Å². The molecule has 6 heteroatoms. The molecule has 76 valence electrons. The summed E-state index contributed by atoms with van der Waals surface area (Å²) in [6.45, 7) is 1.15. The van der Waals surface area contributed by atoms with Crippen LogP contribution in [0.3, 0.4) is 0 Å². The van der Waals surface area contributed by atoms with Crippen LogP contribution in [0.1, 0.15) is 6.42 Å². The highest BCUT2D eigenvalue weighted by Gasteiger charge is 2.22. The van der Waals surface area contributed by atoms with E-state index in [1.807, 2.05) is 0 Å². The highest BCUT2D eigenvalue weighted by Crippen LogP contribution is 2.17. The number of nitrogens with one attached hydrogen (secondary N) is 1. The van der Waals surface area contributed by atoms with Crippen molar-refractivity contribution in [2.24, 2.45) is 0 Å². The first-order valence-electron chi connectivity index (χ1n) is 4.35. The molecule has 1 atom stereocenters. The average molecular weight is 216 g/mol. The maximum Gasteiger partial charge on any atom is 0.287 e. The van der Waals surface area contributed by atoms with Gasteiger partial charge in [0.25, 0.3) is 5.56 Å². The topological polar surface area (TPSA) is 69.2 Å². The van der Waals surface area contributed by atoms with Crippen molar-refractivity contribution in [3.8, 4) is 0 Å². The molecular formula is C8H10ClN3O2. The molecule has 0 saturated carbocycles. The quantitative estimate of drug-likeness (QED) is 0.692. The van der Waals surface area contributed by atoms with E-state index < -0.39 is 0 Å². The van der Waals surface area contributed by atoms with Crippen LogP contribution < -0.4 is 10.5 Å². The summed E-state index contributed by atoms with van der Waals surface area (Å²) in [5, 5.41) is 15.4. The number of aliphatic hydroxyl groups is 1. The molecule has 1 fully saturated rings. The number of aliphatic hydroxyl groups excluding tert-OH is 1. The van der Waals surface area contributed by atoms with Crippen molar-refractivity contribution in [1.82, 2.24) is 10.2 Å². The molecule has 1 saturated heterocycles. The summed E-state index contributed by atoms with van der Waals surface area (Å²) in [5.41, 5.74) is 0.199. The fourth-order valence-corrected chi connectivity index (χ4v) is 1.71. The van der Waals surface area contributed by atoms with Crippen molar-refractivity contribution < 1.29 is 5.11 Å². The second kappa shape index (κ2) is 3.59. The molecule has 2 heterocycles. The minimum Gasteiger partial charge on any atom is -0.391 e. The maximum absolute atomic E-state index is 11.4. The van der Waals surface area contributed by atoms with Gasteiger partial charge in [-0.05, 0) is 6.42 Å². The molecule has 5 nitrogen and oxygen atoms in total. The van der Waals surface area contributed by atoms with E-state index in [2.05, 4.69) is 10.2 Å². The normalized spacial score (nSPS) is 21.6. The first kappa shape index (κ1) is 9.48. The third kappa shape index (κ3) is 1.73. The standard InChI is InChI=1S/C8H10ClN3O2/c9-7-3-6(8(14)11-10-7)12-2-1-5(13)4-12/h3,5,13H,1-2,4H2,(H,11,14). The predicted octanol–water partition coefficient (Wildman–Crippen LogP) is -0.00570. The zero-order chi connectivity index (χ0) is 10.1. The number of rotatable bonds is 1. The lowest BCUT2D eigenvalue weighted by atomic mass is 10.3. The zero-order valence-electron chi connectivity index (χ0n) is 7.40. The second-order valence-electron chi connectivity index (χ2n) is 3.29. The Bertz CT molecular complexity index is 392. The first-order chi connectivity index (χ1) is 6.66. The smallest absolute Gasteiger partial charge is 0.287 e. The lowest BCUT2D eigenvalue weighted by molar-refractivity contribution is 0.198. The van der Waals surface area contributed by atoms with E-state index in [0.717, 1.165) is 0 Å². The molecule has 0 radical (unpaired) electrons. The number of β-amino-alcohol motifs (C(OH)–C–C–N with tert-alkyl or cyclic N) is 1. The Hall–Kier alpha value is -1.07. The van der Waals surface area contributed by atoms with Crippen LogP contribution in [0.25, 0.3) is 0 Å². The third-order valence-electron chi connectivity index (χ3n) is 2.26. The Kier molecular flexibility index (Phi) is 2.43. The fraction of sp³-hybridized carbons (Fsp3) is 0.500. The summed E-state index contributed by atoms with van der Waals surface area (Å²) >= 11 is 5.66. The molecule has 2 rings (SSSR count). The van der Waals surface area contributed by atoms with Crippen molar-refractivity contribution in [3.05, 3.63) is 21.6 Å². The summed E-state index contributed by atoms with van der Waals surface area (Å²) in [7, 11) is 0. The van der Waals surface area contributed by atoms with Crippen molar-refractivity contribution in [2.45, 2.75) is 12.5 Å². The van der Waals surface area contributed by atoms with Crippen LogP contribution in [0.2, 0.25) is 5.15 Å². The zero-order valence-corrected chi connectivity index (χ0v) is 8.16. The molecule has 0 aliphatic carbocycles. The van der Waals surface area contributed by atoms with Gasteiger partial charge in [-0.2, -0.15) is 5.10 Å². The maximum atomic E-state index is 11.4. The van der Waals surface area contributed by atoms with E-state index >= 15 is 0 Å². The van der Waals surface area contributed by atoms with Gasteiger partial charge in [0.05, 0.1) is 6.10 Å². The first-order valence-corrected chi connectivity index (χ1v) is 4.73. The Morgan fingerprint density at radius 2 is 2.50 bits per heavy atom. The van der Waals surface area contributed by atoms with Gasteiger partial charge in [-0.25, -0.2) is 5.10 Å². The molecule has 0 spiro atoms. The lowest BCUT2D eigenvalue weighted by Crippen LogP contribution is -2.28. The molecular weight excluding hydrogens is 206 g/mol. The highest BCUT2D eigenvalue weighted by atomic mass is 35.5. The summed E-state index contributed by atoms with van der Waals surface area (Å²) in [6.07, 6.45) is 0.320. The summed E-state index contributed by atoms with van der Waals surface area (Å²) < 4.78 is 0. The van der Waals surface area contributed by atoms with Crippen LogP contribution in [0.5, 0.6) is 0 Å². The van der Waals surface area contributed by atoms with Gasteiger partial charge < -0.3 is 10.0 Å². The molecule has 1 aliphatic heterocycles. The molecule has 2 N–H and O–H groups in total. The van der Waals surface area contributed by atoms with E-state index in [9.17, 15) is 9.90 Å². The van der Waals surface area contributed by atoms with E-state index in [4.69, 9.17) is 11.6 Å². The number of H-pyrrole nitrogens is 1. The molecule has 14 heavy (non-hydrogen) atoms. The molecule has 1 aromatic heterocycles. The number of hydrogen-bond acceptors (Lipinski definition) is 4. The molecule has 1 aromatic rings. The minimum atomic E-state index is -0.360. The van der Waals surface area contributed by atoms with E-state index in [0.29, 0.717) is 25.2 Å². The van der Waals surface area contributed by atoms with Crippen molar-refractivity contribution in [3.63, 3.8) is 0 Å². The number of halogens is 1. The van der Waals surface area contributed by atoms with Gasteiger partial charge >= 0.3 is 0 Å². The van der Waals surface area contributed by atoms with E-state index in [-0.39, 0.29) is 16.8 Å². The largest absolute Gasteiger partial charge is 0.391 e. The molecule has 0 bridgehead atoms. The van der Waals surface area contributed by atoms with Crippen molar-refractivity contribution in [1.29, 1.82) is 0 Å². The summed E-state index contributed by atoms with van der Waals surface area (Å²) in [5.74, 6) is 0. The highest BCUT2D eigenvalue weighted by molar-refractivity contribution is 6.29. The fourth-order valence-electron chi connectivity index (χ4n) is 1.57. The van der Waals surface area contributed by atoms with Gasteiger partial charge in [0.2, 0.25) is 0 Å². The van der Waals surface area contributed by atoms with Gasteiger partial charge in [-0.3, -0.25) is 4.79 Å². The number of aromatic amines is 1. The number of anilines is 1. The third-order valence-corrected chi connectivity index (χ3v) is 2.45. The average Bonchev–Trinajstić information content (AvgIpc) is 2.56. The van der Waals surface area contributed by atoms with E-state index in [1.165, 1.54) is 6.07 Å². The second-order valence-corrected chi connectivity index (χ2v) is 3.68. The minimum absolute atomic E-state index is 0.251. The van der Waals surface area contributed by atoms with Crippen LogP contribution in [-0.2, 0) is 0 Å². The SMILES string of the molecule is O=c1[nH]nc(Cl)cc1N1CCC(O)C1. The van der Waals surface area contributed by atoms with Crippen molar-refractivity contribution >= 4 is 17.3 Å². The van der Waals surface area contributed by atoms with Crippen LogP contribution in [0, 0.1) is 0 Å². The van der Waals surface area contributed by atoms with Gasteiger partial charge in [-0.1, -0.05) is 11.6 Å². The van der Waals surface area contributed by atoms with Gasteiger partial charge in [0, 0.05) is 19.2 Å². The van der Waals surface area contributed by atoms with Gasteiger partial charge in [0.1, 0.15) is 5.69 Å². The molecule has 0 aromatic carbocycles. The number of nitrogens with zero attached hydrogens (tertiary/aromatic N) is 2.